The molecule has 2 fully saturated rings. The van der Waals surface area contributed by atoms with E-state index in [2.05, 4.69) is 36.3 Å². The third kappa shape index (κ3) is 7.52. The van der Waals surface area contributed by atoms with Crippen LogP contribution in [0.2, 0.25) is 0 Å². The van der Waals surface area contributed by atoms with Gasteiger partial charge in [-0.05, 0) is 66.6 Å². The number of rotatable bonds is 9. The van der Waals surface area contributed by atoms with Crippen LogP contribution in [0.1, 0.15) is 59.9 Å². The van der Waals surface area contributed by atoms with Crippen molar-refractivity contribution in [2.75, 3.05) is 46.0 Å². The van der Waals surface area contributed by atoms with Crippen LogP contribution in [0.15, 0.2) is 30.3 Å². The number of morpholine rings is 1. The zero-order valence-corrected chi connectivity index (χ0v) is 22.3. The van der Waals surface area contributed by atoms with Crippen molar-refractivity contribution in [1.82, 2.24) is 15.5 Å². The molecule has 200 valence electrons. The van der Waals surface area contributed by atoms with E-state index in [1.54, 1.807) is 31.2 Å². The number of halogens is 1. The summed E-state index contributed by atoms with van der Waals surface area (Å²) < 4.78 is 26.6. The zero-order valence-electron chi connectivity index (χ0n) is 22.3. The first-order valence-corrected chi connectivity index (χ1v) is 13.1. The van der Waals surface area contributed by atoms with Crippen LogP contribution >= 0.6 is 0 Å². The Kier molecular flexibility index (Phi) is 8.49. The molecular weight excluding hydrogens is 473 g/mol. The predicted octanol–water partition coefficient (Wildman–Crippen LogP) is 4.18. The summed E-state index contributed by atoms with van der Waals surface area (Å²) in [5.74, 6) is -0.445. The summed E-state index contributed by atoms with van der Waals surface area (Å²) in [5.41, 5.74) is 2.33. The maximum absolute atomic E-state index is 15.0. The fourth-order valence-electron chi connectivity index (χ4n) is 4.15. The molecule has 1 saturated heterocycles. The first-order chi connectivity index (χ1) is 17.6. The number of ether oxygens (including phenoxy) is 2. The van der Waals surface area contributed by atoms with Crippen molar-refractivity contribution in [3.8, 4) is 16.9 Å². The number of carbonyl (C=O) groups excluding carboxylic acids is 2. The normalized spacial score (nSPS) is 16.4. The average Bonchev–Trinajstić information content (AvgIpc) is 3.68. The highest BCUT2D eigenvalue weighted by Gasteiger charge is 2.25. The summed E-state index contributed by atoms with van der Waals surface area (Å²) in [7, 11) is 0. The zero-order chi connectivity index (χ0) is 26.6. The maximum atomic E-state index is 15.0. The molecule has 37 heavy (non-hydrogen) atoms. The maximum Gasteiger partial charge on any atom is 0.251 e. The van der Waals surface area contributed by atoms with E-state index in [-0.39, 0.29) is 28.8 Å². The number of hydrogen-bond acceptors (Lipinski definition) is 5. The van der Waals surface area contributed by atoms with Gasteiger partial charge in [-0.3, -0.25) is 14.5 Å². The Morgan fingerprint density at radius 1 is 1.05 bits per heavy atom. The van der Waals surface area contributed by atoms with Gasteiger partial charge in [-0.25, -0.2) is 4.39 Å². The Morgan fingerprint density at radius 3 is 2.46 bits per heavy atom. The van der Waals surface area contributed by atoms with E-state index in [1.807, 2.05) is 0 Å². The third-order valence-corrected chi connectivity index (χ3v) is 6.60. The molecule has 1 heterocycles. The van der Waals surface area contributed by atoms with Gasteiger partial charge in [-0.1, -0.05) is 20.8 Å². The van der Waals surface area contributed by atoms with Crippen LogP contribution < -0.4 is 15.4 Å². The summed E-state index contributed by atoms with van der Waals surface area (Å²) in [6.45, 7) is 12.6. The number of carbonyl (C=O) groups is 2. The van der Waals surface area contributed by atoms with E-state index in [4.69, 9.17) is 9.47 Å². The molecule has 0 radical (unpaired) electrons. The molecule has 0 unspecified atom stereocenters. The van der Waals surface area contributed by atoms with Crippen molar-refractivity contribution >= 4 is 11.8 Å². The predicted molar refractivity (Wildman–Crippen MR) is 142 cm³/mol. The van der Waals surface area contributed by atoms with Crippen LogP contribution in [-0.4, -0.2) is 68.8 Å². The highest BCUT2D eigenvalue weighted by Crippen LogP contribution is 2.35. The molecule has 0 aromatic heterocycles. The largest absolute Gasteiger partial charge is 0.492 e. The molecule has 0 bridgehead atoms. The quantitative estimate of drug-likeness (QED) is 0.528. The lowest BCUT2D eigenvalue weighted by atomic mass is 9.95. The van der Waals surface area contributed by atoms with E-state index in [1.165, 1.54) is 6.07 Å². The Labute approximate surface area is 218 Å². The third-order valence-electron chi connectivity index (χ3n) is 6.60. The second-order valence-corrected chi connectivity index (χ2v) is 11.1. The van der Waals surface area contributed by atoms with E-state index >= 15 is 0 Å². The fraction of sp³-hybridized carbons (Fsp3) is 0.517. The summed E-state index contributed by atoms with van der Waals surface area (Å²) in [6, 6.07) is 8.37. The first kappa shape index (κ1) is 27.1. The summed E-state index contributed by atoms with van der Waals surface area (Å²) in [4.78, 5) is 27.8. The SMILES string of the molecule is Cc1c(F)cc(C(=O)NC2CC2)cc1-c1ccc(C(=O)NCC(C)(C)C)cc1OCCN1CCOCC1. The summed E-state index contributed by atoms with van der Waals surface area (Å²) >= 11 is 0. The van der Waals surface area contributed by atoms with Crippen molar-refractivity contribution < 1.29 is 23.5 Å². The van der Waals surface area contributed by atoms with Crippen LogP contribution in [0, 0.1) is 18.2 Å². The van der Waals surface area contributed by atoms with Crippen LogP contribution in [0.5, 0.6) is 5.75 Å². The molecule has 2 aliphatic rings. The van der Waals surface area contributed by atoms with Crippen molar-refractivity contribution in [3.63, 3.8) is 0 Å². The molecule has 2 aromatic rings. The first-order valence-electron chi connectivity index (χ1n) is 13.1. The lowest BCUT2D eigenvalue weighted by molar-refractivity contribution is 0.0323. The Hall–Kier alpha value is -2.97. The molecule has 1 aliphatic heterocycles. The van der Waals surface area contributed by atoms with Crippen LogP contribution in [0.4, 0.5) is 4.39 Å². The molecule has 2 N–H and O–H groups in total. The number of hydrogen-bond donors (Lipinski definition) is 2. The van der Waals surface area contributed by atoms with Gasteiger partial charge in [0.15, 0.2) is 0 Å². The van der Waals surface area contributed by atoms with Gasteiger partial charge in [0.1, 0.15) is 18.2 Å². The number of benzene rings is 2. The number of nitrogens with zero attached hydrogens (tertiary/aromatic N) is 1. The van der Waals surface area contributed by atoms with Crippen LogP contribution in [0.3, 0.4) is 0 Å². The second-order valence-electron chi connectivity index (χ2n) is 11.1. The van der Waals surface area contributed by atoms with Crippen molar-refractivity contribution in [1.29, 1.82) is 0 Å². The van der Waals surface area contributed by atoms with Gasteiger partial charge in [0, 0.05) is 48.9 Å². The molecule has 2 amide bonds. The van der Waals surface area contributed by atoms with Gasteiger partial charge in [0.2, 0.25) is 0 Å². The van der Waals surface area contributed by atoms with E-state index < -0.39 is 5.82 Å². The number of amides is 2. The van der Waals surface area contributed by atoms with Crippen molar-refractivity contribution in [3.05, 3.63) is 52.8 Å². The monoisotopic (exact) mass is 511 g/mol. The minimum absolute atomic E-state index is 0.0524. The summed E-state index contributed by atoms with van der Waals surface area (Å²) in [5, 5.41) is 5.90. The van der Waals surface area contributed by atoms with E-state index in [0.29, 0.717) is 60.9 Å². The van der Waals surface area contributed by atoms with Gasteiger partial charge < -0.3 is 20.1 Å². The fourth-order valence-corrected chi connectivity index (χ4v) is 4.15. The van der Waals surface area contributed by atoms with Gasteiger partial charge in [-0.2, -0.15) is 0 Å². The van der Waals surface area contributed by atoms with Crippen LogP contribution in [0.25, 0.3) is 11.1 Å². The smallest absolute Gasteiger partial charge is 0.251 e. The molecule has 1 aliphatic carbocycles. The Morgan fingerprint density at radius 2 is 1.78 bits per heavy atom. The molecule has 4 rings (SSSR count). The lowest BCUT2D eigenvalue weighted by Crippen LogP contribution is -2.38. The molecule has 1 saturated carbocycles. The van der Waals surface area contributed by atoms with Gasteiger partial charge in [-0.15, -0.1) is 0 Å². The van der Waals surface area contributed by atoms with E-state index in [9.17, 15) is 14.0 Å². The highest BCUT2D eigenvalue weighted by molar-refractivity contribution is 5.98. The minimum atomic E-state index is -0.454. The Balaban J connectivity index is 1.62. The van der Waals surface area contributed by atoms with Gasteiger partial charge >= 0.3 is 0 Å². The van der Waals surface area contributed by atoms with Gasteiger partial charge in [0.25, 0.3) is 11.8 Å². The number of nitrogens with one attached hydrogen (secondary N) is 2. The van der Waals surface area contributed by atoms with Crippen molar-refractivity contribution in [2.24, 2.45) is 5.41 Å². The van der Waals surface area contributed by atoms with Crippen LogP contribution in [-0.2, 0) is 4.74 Å². The molecule has 8 heteroatoms. The second kappa shape index (κ2) is 11.6. The molecule has 7 nitrogen and oxygen atoms in total. The lowest BCUT2D eigenvalue weighted by Gasteiger charge is -2.26. The Bertz CT molecular complexity index is 1130. The average molecular weight is 512 g/mol. The minimum Gasteiger partial charge on any atom is -0.492 e. The van der Waals surface area contributed by atoms with Gasteiger partial charge in [0.05, 0.1) is 13.2 Å². The molecule has 0 atom stereocenters. The van der Waals surface area contributed by atoms with Crippen molar-refractivity contribution in [2.45, 2.75) is 46.6 Å². The highest BCUT2D eigenvalue weighted by atomic mass is 19.1. The van der Waals surface area contributed by atoms with E-state index in [0.717, 1.165) is 25.9 Å². The topological polar surface area (TPSA) is 79.9 Å². The standard InChI is InChI=1S/C29H38FN3O4/c1-19-24(15-21(16-25(19)30)28(35)32-22-6-7-22)23-8-5-20(27(34)31-18-29(2,3)4)17-26(23)37-14-11-33-9-12-36-13-10-33/h5,8,15-17,22H,6-7,9-14,18H2,1-4H3,(H,31,34)(H,32,35). The molecular formula is C29H38FN3O4. The molecule has 2 aromatic carbocycles. The summed E-state index contributed by atoms with van der Waals surface area (Å²) in [6.07, 6.45) is 1.90. The molecule has 0 spiro atoms.